The van der Waals surface area contributed by atoms with Gasteiger partial charge >= 0.3 is 0 Å². The molecule has 13 heavy (non-hydrogen) atoms. The highest BCUT2D eigenvalue weighted by Crippen LogP contribution is 2.14. The van der Waals surface area contributed by atoms with E-state index < -0.39 is 6.10 Å². The Labute approximate surface area is 81.7 Å². The van der Waals surface area contributed by atoms with Gasteiger partial charge in [0.05, 0.1) is 20.0 Å². The Morgan fingerprint density at radius 1 is 1.77 bits per heavy atom. The van der Waals surface area contributed by atoms with Crippen LogP contribution in [0.1, 0.15) is 6.42 Å². The molecule has 0 aromatic heterocycles. The van der Waals surface area contributed by atoms with Crippen molar-refractivity contribution in [2.45, 2.75) is 24.9 Å². The molecule has 1 heterocycles. The molecule has 2 radical (unpaired) electrons. The first-order valence-corrected chi connectivity index (χ1v) is 4.82. The van der Waals surface area contributed by atoms with Crippen molar-refractivity contribution in [3.8, 4) is 0 Å². The van der Waals surface area contributed by atoms with Crippen molar-refractivity contribution in [1.29, 1.82) is 0 Å². The Morgan fingerprint density at radius 2 is 2.46 bits per heavy atom. The normalized spacial score (nSPS) is 30.0. The Hall–Kier alpha value is -0.115. The molecule has 4 nitrogen and oxygen atoms in total. The summed E-state index contributed by atoms with van der Waals surface area (Å²) in [5.74, 6) is -0.218. The number of nitrogens with one attached hydrogen (secondary N) is 1. The molecular weight excluding hydrogens is 186 g/mol. The first-order valence-electron chi connectivity index (χ1n) is 4.30. The van der Waals surface area contributed by atoms with Gasteiger partial charge in [-0.3, -0.25) is 9.46 Å². The van der Waals surface area contributed by atoms with Crippen LogP contribution in [0.2, 0.25) is 6.32 Å². The topological polar surface area (TPSA) is 52.6 Å². The lowest BCUT2D eigenvalue weighted by atomic mass is 10.0. The number of carbonyl (C=O) groups is 1. The zero-order chi connectivity index (χ0) is 9.84. The maximum Gasteiger partial charge on any atom is 0.211 e. The van der Waals surface area contributed by atoms with Crippen LogP contribution >= 0.6 is 9.39 Å². The largest absolute Gasteiger partial charge is 0.391 e. The number of aliphatic hydroxyl groups is 1. The van der Waals surface area contributed by atoms with Crippen molar-refractivity contribution in [2.24, 2.45) is 0 Å². The van der Waals surface area contributed by atoms with Crippen molar-refractivity contribution < 1.29 is 9.90 Å². The third-order valence-corrected chi connectivity index (χ3v) is 2.61. The second-order valence-electron chi connectivity index (χ2n) is 3.23. The summed E-state index contributed by atoms with van der Waals surface area (Å²) in [5.41, 5.74) is 0. The summed E-state index contributed by atoms with van der Waals surface area (Å²) >= 11 is 0. The van der Waals surface area contributed by atoms with Crippen LogP contribution in [0.3, 0.4) is 0 Å². The molecule has 3 atom stereocenters. The van der Waals surface area contributed by atoms with Gasteiger partial charge in [-0.25, -0.2) is 0 Å². The first-order chi connectivity index (χ1) is 6.13. The highest BCUT2D eigenvalue weighted by Gasteiger charge is 2.26. The number of hydrogen-bond donors (Lipinski definition) is 2. The van der Waals surface area contributed by atoms with Crippen molar-refractivity contribution in [1.82, 2.24) is 9.99 Å². The quantitative estimate of drug-likeness (QED) is 0.440. The van der Waals surface area contributed by atoms with Gasteiger partial charge < -0.3 is 10.4 Å². The van der Waals surface area contributed by atoms with Gasteiger partial charge in [0, 0.05) is 13.1 Å². The molecule has 0 aliphatic carbocycles. The van der Waals surface area contributed by atoms with Crippen molar-refractivity contribution in [3.63, 3.8) is 0 Å². The maximum atomic E-state index is 11.0. The number of amides is 1. The molecule has 1 saturated heterocycles. The Balaban J connectivity index is 2.41. The van der Waals surface area contributed by atoms with E-state index >= 15 is 0 Å². The van der Waals surface area contributed by atoms with Crippen LogP contribution < -0.4 is 5.32 Å². The van der Waals surface area contributed by atoms with E-state index in [2.05, 4.69) is 14.7 Å². The van der Waals surface area contributed by atoms with E-state index in [1.54, 1.807) is 0 Å². The fourth-order valence-corrected chi connectivity index (χ4v) is 1.75. The molecule has 1 fully saturated rings. The minimum absolute atomic E-state index is 0.0277. The van der Waals surface area contributed by atoms with E-state index in [-0.39, 0.29) is 18.3 Å². The number of carbonyl (C=O) groups excluding carboxylic acids is 1. The number of piperidine rings is 1. The number of rotatable bonds is 2. The van der Waals surface area contributed by atoms with E-state index in [9.17, 15) is 9.90 Å². The van der Waals surface area contributed by atoms with Crippen LogP contribution in [-0.2, 0) is 4.79 Å². The Morgan fingerprint density at radius 3 is 3.08 bits per heavy atom. The lowest BCUT2D eigenvalue weighted by molar-refractivity contribution is -0.120. The molecule has 1 rings (SSSR count). The van der Waals surface area contributed by atoms with Crippen LogP contribution in [0, 0.1) is 0 Å². The summed E-state index contributed by atoms with van der Waals surface area (Å²) in [6, 6.07) is -0.192. The van der Waals surface area contributed by atoms with E-state index in [0.717, 1.165) is 6.54 Å². The molecule has 0 spiro atoms. The van der Waals surface area contributed by atoms with Crippen LogP contribution in [0.4, 0.5) is 0 Å². The molecule has 0 aromatic carbocycles. The zero-order valence-corrected chi connectivity index (χ0v) is 8.60. The number of aliphatic hydroxyl groups excluding tert-OH is 1. The second-order valence-corrected chi connectivity index (χ2v) is 3.96. The zero-order valence-electron chi connectivity index (χ0n) is 7.44. The van der Waals surface area contributed by atoms with Crippen molar-refractivity contribution >= 4 is 23.1 Å². The van der Waals surface area contributed by atoms with E-state index in [0.29, 0.717) is 13.0 Å². The number of nitrogens with zero attached hydrogens (tertiary/aromatic N) is 1. The average Bonchev–Trinajstić information content (AvgIpc) is 2.11. The predicted molar refractivity (Wildman–Crippen MR) is 54.4 cm³/mol. The minimum Gasteiger partial charge on any atom is -0.391 e. The summed E-state index contributed by atoms with van der Waals surface area (Å²) in [5, 5.41) is 12.2. The van der Waals surface area contributed by atoms with E-state index in [1.807, 2.05) is 4.67 Å². The van der Waals surface area contributed by atoms with Gasteiger partial charge in [0.15, 0.2) is 0 Å². The van der Waals surface area contributed by atoms with Crippen molar-refractivity contribution in [2.75, 3.05) is 13.1 Å². The molecule has 2 N–H and O–H groups in total. The molecule has 3 unspecified atom stereocenters. The van der Waals surface area contributed by atoms with Gasteiger partial charge in [0.1, 0.15) is 0 Å². The lowest BCUT2D eigenvalue weighted by Gasteiger charge is -2.34. The fraction of sp³-hybridized carbons (Fsp3) is 0.857. The fourth-order valence-electron chi connectivity index (χ4n) is 1.37. The summed E-state index contributed by atoms with van der Waals surface area (Å²) in [6.07, 6.45) is 0.200. The number of hydrogen-bond acceptors (Lipinski definition) is 3. The molecule has 0 aromatic rings. The van der Waals surface area contributed by atoms with Gasteiger partial charge in [-0.05, 0) is 12.7 Å². The van der Waals surface area contributed by atoms with Crippen molar-refractivity contribution in [3.05, 3.63) is 0 Å². The van der Waals surface area contributed by atoms with Crippen LogP contribution in [0.15, 0.2) is 0 Å². The first kappa shape index (κ1) is 11.0. The smallest absolute Gasteiger partial charge is 0.211 e. The summed E-state index contributed by atoms with van der Waals surface area (Å²) in [7, 11) is 7.72. The standard InChI is InChI=1S/C7H14BN2O2P/c8-3-7(12)9-5-4-10(13)2-1-6(5)11/h5-6,11H,1-4,13H2,(H,9,12). The third-order valence-electron chi connectivity index (χ3n) is 2.14. The van der Waals surface area contributed by atoms with Crippen LogP contribution in [0.25, 0.3) is 0 Å². The third kappa shape index (κ3) is 3.26. The van der Waals surface area contributed by atoms with Gasteiger partial charge in [-0.1, -0.05) is 9.39 Å². The van der Waals surface area contributed by atoms with E-state index in [4.69, 9.17) is 7.85 Å². The molecular formula is C7H14BN2O2P. The molecule has 1 aliphatic rings. The highest BCUT2D eigenvalue weighted by molar-refractivity contribution is 7.13. The Kier molecular flexibility index (Phi) is 4.17. The molecule has 1 aliphatic heterocycles. The average molecular weight is 200 g/mol. The highest BCUT2D eigenvalue weighted by atomic mass is 31.0. The van der Waals surface area contributed by atoms with Crippen LogP contribution in [-0.4, -0.2) is 48.8 Å². The molecule has 72 valence electrons. The summed E-state index contributed by atoms with van der Waals surface area (Å²) in [6.45, 7) is 1.48. The van der Waals surface area contributed by atoms with Crippen LogP contribution in [0.5, 0.6) is 0 Å². The Bertz CT molecular complexity index is 193. The van der Waals surface area contributed by atoms with Gasteiger partial charge in [0.2, 0.25) is 5.91 Å². The van der Waals surface area contributed by atoms with Gasteiger partial charge in [0.25, 0.3) is 0 Å². The lowest BCUT2D eigenvalue weighted by Crippen LogP contribution is -2.52. The predicted octanol–water partition coefficient (Wildman–Crippen LogP) is -1.09. The molecule has 0 bridgehead atoms. The molecule has 0 saturated carbocycles. The van der Waals surface area contributed by atoms with E-state index in [1.165, 1.54) is 0 Å². The summed E-state index contributed by atoms with van der Waals surface area (Å²) in [4.78, 5) is 11.0. The molecule has 6 heteroatoms. The van der Waals surface area contributed by atoms with Gasteiger partial charge in [-0.2, -0.15) is 0 Å². The maximum absolute atomic E-state index is 11.0. The SMILES string of the molecule is [B]CC(=O)NC1CN(P)CCC1O. The summed E-state index contributed by atoms with van der Waals surface area (Å²) < 4.78 is 1.99. The minimum atomic E-state index is -0.452. The second kappa shape index (κ2) is 4.94. The molecule has 1 amide bonds. The monoisotopic (exact) mass is 200 g/mol. The van der Waals surface area contributed by atoms with Gasteiger partial charge in [-0.15, -0.1) is 0 Å².